The average Bonchev–Trinajstić information content (AvgIpc) is 2.38. The maximum atomic E-state index is 8.55. The summed E-state index contributed by atoms with van der Waals surface area (Å²) in [6.07, 6.45) is 4.30. The second-order valence-corrected chi connectivity index (χ2v) is 2.26. The van der Waals surface area contributed by atoms with E-state index in [2.05, 4.69) is 4.98 Å². The summed E-state index contributed by atoms with van der Waals surface area (Å²) in [7, 11) is 0. The van der Waals surface area contributed by atoms with Gasteiger partial charge in [-0.3, -0.25) is 0 Å². The molecule has 10 heavy (non-hydrogen) atoms. The first kappa shape index (κ1) is 7.31. The van der Waals surface area contributed by atoms with Crippen molar-refractivity contribution in [3.8, 4) is 0 Å². The number of aliphatic hydroxyl groups is 1. The third kappa shape index (κ3) is 1.59. The van der Waals surface area contributed by atoms with Gasteiger partial charge in [-0.15, -0.1) is 0 Å². The van der Waals surface area contributed by atoms with E-state index < -0.39 is 0 Å². The monoisotopic (exact) mass is 140 g/mol. The molecule has 0 aromatic carbocycles. The molecule has 0 aliphatic heterocycles. The summed E-state index contributed by atoms with van der Waals surface area (Å²) in [6.45, 7) is 0.145. The molecule has 0 fully saturated rings. The van der Waals surface area contributed by atoms with Crippen LogP contribution in [0.15, 0.2) is 18.5 Å². The molecule has 0 bridgehead atoms. The molecule has 1 rings (SSSR count). The summed E-state index contributed by atoms with van der Waals surface area (Å²) in [5.41, 5.74) is 6.72. The Morgan fingerprint density at radius 2 is 2.50 bits per heavy atom. The molecule has 0 saturated carbocycles. The van der Waals surface area contributed by atoms with Crippen LogP contribution in [0.25, 0.3) is 0 Å². The van der Waals surface area contributed by atoms with Crippen LogP contribution in [-0.2, 0) is 0 Å². The standard InChI is InChI=1S/C7H12N2O/c8-7(2-4-10)6-1-3-9-5-6/h1,3,5,7,9-10H,2,4,8H2. The van der Waals surface area contributed by atoms with Crippen molar-refractivity contribution in [2.75, 3.05) is 6.61 Å². The van der Waals surface area contributed by atoms with Crippen molar-refractivity contribution in [3.63, 3.8) is 0 Å². The summed E-state index contributed by atoms with van der Waals surface area (Å²) < 4.78 is 0. The predicted molar refractivity (Wildman–Crippen MR) is 39.4 cm³/mol. The van der Waals surface area contributed by atoms with Gasteiger partial charge in [0.2, 0.25) is 0 Å². The lowest BCUT2D eigenvalue weighted by atomic mass is 10.1. The molecule has 0 amide bonds. The zero-order valence-corrected chi connectivity index (χ0v) is 5.75. The molecule has 3 nitrogen and oxygen atoms in total. The number of aromatic amines is 1. The van der Waals surface area contributed by atoms with Crippen molar-refractivity contribution in [2.24, 2.45) is 5.73 Å². The highest BCUT2D eigenvalue weighted by Crippen LogP contribution is 2.11. The Hall–Kier alpha value is -0.800. The highest BCUT2D eigenvalue weighted by atomic mass is 16.3. The molecule has 4 N–H and O–H groups in total. The maximum absolute atomic E-state index is 8.55. The lowest BCUT2D eigenvalue weighted by Gasteiger charge is -2.05. The zero-order valence-electron chi connectivity index (χ0n) is 5.75. The Morgan fingerprint density at radius 1 is 1.70 bits per heavy atom. The van der Waals surface area contributed by atoms with Gasteiger partial charge in [-0.1, -0.05) is 0 Å². The Kier molecular flexibility index (Phi) is 2.48. The molecule has 1 atom stereocenters. The summed E-state index contributed by atoms with van der Waals surface area (Å²) in [4.78, 5) is 2.91. The molecular formula is C7H12N2O. The molecule has 0 aliphatic carbocycles. The molecular weight excluding hydrogens is 128 g/mol. The van der Waals surface area contributed by atoms with Crippen LogP contribution in [0.4, 0.5) is 0 Å². The molecule has 1 unspecified atom stereocenters. The number of aromatic nitrogens is 1. The Bertz CT molecular complexity index is 172. The maximum Gasteiger partial charge on any atom is 0.0449 e. The fourth-order valence-corrected chi connectivity index (χ4v) is 0.873. The van der Waals surface area contributed by atoms with E-state index in [9.17, 15) is 0 Å². The van der Waals surface area contributed by atoms with Gasteiger partial charge in [0.25, 0.3) is 0 Å². The largest absolute Gasteiger partial charge is 0.396 e. The Morgan fingerprint density at radius 3 is 3.00 bits per heavy atom. The minimum atomic E-state index is -0.0313. The first-order valence-electron chi connectivity index (χ1n) is 3.33. The lowest BCUT2D eigenvalue weighted by Crippen LogP contribution is -2.10. The summed E-state index contributed by atoms with van der Waals surface area (Å²) in [5, 5.41) is 8.55. The van der Waals surface area contributed by atoms with E-state index in [1.54, 1.807) is 0 Å². The number of nitrogens with two attached hydrogens (primary N) is 1. The van der Waals surface area contributed by atoms with Crippen molar-refractivity contribution >= 4 is 0 Å². The number of H-pyrrole nitrogens is 1. The summed E-state index contributed by atoms with van der Waals surface area (Å²) >= 11 is 0. The first-order valence-corrected chi connectivity index (χ1v) is 3.33. The molecule has 56 valence electrons. The van der Waals surface area contributed by atoms with Gasteiger partial charge in [-0.25, -0.2) is 0 Å². The zero-order chi connectivity index (χ0) is 7.40. The van der Waals surface area contributed by atoms with E-state index in [0.717, 1.165) is 5.56 Å². The molecule has 0 aliphatic rings. The summed E-state index contributed by atoms with van der Waals surface area (Å²) in [6, 6.07) is 1.89. The smallest absolute Gasteiger partial charge is 0.0449 e. The summed E-state index contributed by atoms with van der Waals surface area (Å²) in [5.74, 6) is 0. The van der Waals surface area contributed by atoms with Crippen LogP contribution >= 0.6 is 0 Å². The van der Waals surface area contributed by atoms with Crippen molar-refractivity contribution in [1.29, 1.82) is 0 Å². The number of hydrogen-bond acceptors (Lipinski definition) is 2. The van der Waals surface area contributed by atoms with Crippen LogP contribution in [0.5, 0.6) is 0 Å². The van der Waals surface area contributed by atoms with Gasteiger partial charge in [-0.2, -0.15) is 0 Å². The quantitative estimate of drug-likeness (QED) is 0.569. The Balaban J connectivity index is 2.50. The number of hydrogen-bond donors (Lipinski definition) is 3. The van der Waals surface area contributed by atoms with E-state index >= 15 is 0 Å². The third-order valence-electron chi connectivity index (χ3n) is 1.49. The lowest BCUT2D eigenvalue weighted by molar-refractivity contribution is 0.276. The van der Waals surface area contributed by atoms with Gasteiger partial charge in [0, 0.05) is 25.0 Å². The molecule has 0 radical (unpaired) electrons. The minimum Gasteiger partial charge on any atom is -0.396 e. The normalized spacial score (nSPS) is 13.4. The number of nitrogens with one attached hydrogen (secondary N) is 1. The van der Waals surface area contributed by atoms with Crippen LogP contribution in [0.2, 0.25) is 0 Å². The highest BCUT2D eigenvalue weighted by Gasteiger charge is 2.03. The van der Waals surface area contributed by atoms with Gasteiger partial charge in [0.15, 0.2) is 0 Å². The van der Waals surface area contributed by atoms with Gasteiger partial charge >= 0.3 is 0 Å². The fourth-order valence-electron chi connectivity index (χ4n) is 0.873. The molecule has 3 heteroatoms. The molecule has 1 aromatic rings. The van der Waals surface area contributed by atoms with Gasteiger partial charge < -0.3 is 15.8 Å². The van der Waals surface area contributed by atoms with Gasteiger partial charge in [-0.05, 0) is 18.1 Å². The third-order valence-corrected chi connectivity index (χ3v) is 1.49. The fraction of sp³-hybridized carbons (Fsp3) is 0.429. The van der Waals surface area contributed by atoms with Crippen LogP contribution in [0, 0.1) is 0 Å². The van der Waals surface area contributed by atoms with Gasteiger partial charge in [0.05, 0.1) is 0 Å². The van der Waals surface area contributed by atoms with E-state index in [1.165, 1.54) is 0 Å². The van der Waals surface area contributed by atoms with Crippen LogP contribution in [0.1, 0.15) is 18.0 Å². The van der Waals surface area contributed by atoms with Gasteiger partial charge in [0.1, 0.15) is 0 Å². The van der Waals surface area contributed by atoms with Crippen LogP contribution in [-0.4, -0.2) is 16.7 Å². The topological polar surface area (TPSA) is 62.0 Å². The Labute approximate surface area is 59.9 Å². The predicted octanol–water partition coefficient (Wildman–Crippen LogP) is 0.397. The molecule has 1 heterocycles. The van der Waals surface area contributed by atoms with Crippen molar-refractivity contribution in [2.45, 2.75) is 12.5 Å². The SMILES string of the molecule is NC(CCO)c1cc[nH]c1. The van der Waals surface area contributed by atoms with E-state index in [-0.39, 0.29) is 12.6 Å². The van der Waals surface area contributed by atoms with Crippen LogP contribution < -0.4 is 5.73 Å². The van der Waals surface area contributed by atoms with Crippen molar-refractivity contribution in [3.05, 3.63) is 24.0 Å². The van der Waals surface area contributed by atoms with E-state index in [0.29, 0.717) is 6.42 Å². The number of rotatable bonds is 3. The first-order chi connectivity index (χ1) is 4.84. The second kappa shape index (κ2) is 3.39. The van der Waals surface area contributed by atoms with Crippen LogP contribution in [0.3, 0.4) is 0 Å². The second-order valence-electron chi connectivity index (χ2n) is 2.26. The van der Waals surface area contributed by atoms with Crippen molar-refractivity contribution in [1.82, 2.24) is 4.98 Å². The molecule has 1 aromatic heterocycles. The highest BCUT2D eigenvalue weighted by molar-refractivity contribution is 5.12. The number of aliphatic hydroxyl groups excluding tert-OH is 1. The van der Waals surface area contributed by atoms with Crippen molar-refractivity contribution < 1.29 is 5.11 Å². The van der Waals surface area contributed by atoms with E-state index in [1.807, 2.05) is 18.5 Å². The van der Waals surface area contributed by atoms with E-state index in [4.69, 9.17) is 10.8 Å². The molecule has 0 spiro atoms. The minimum absolute atomic E-state index is 0.0313. The average molecular weight is 140 g/mol. The molecule has 0 saturated heterocycles.